The molecule has 0 saturated carbocycles. The van der Waals surface area contributed by atoms with Crippen molar-refractivity contribution in [2.45, 2.75) is 17.8 Å². The summed E-state index contributed by atoms with van der Waals surface area (Å²) in [4.78, 5) is 28.0. The third-order valence-corrected chi connectivity index (χ3v) is 6.87. The van der Waals surface area contributed by atoms with Gasteiger partial charge >= 0.3 is 0 Å². The number of hydrogen-bond acceptors (Lipinski definition) is 7. The number of aromatic nitrogens is 2. The molecule has 2 aromatic carbocycles. The topological polar surface area (TPSA) is 61.8 Å². The van der Waals surface area contributed by atoms with E-state index in [0.717, 1.165) is 35.9 Å². The first kappa shape index (κ1) is 25.1. The normalized spacial score (nSPS) is 13.6. The first-order valence-electron chi connectivity index (χ1n) is 11.6. The molecular weight excluding hydrogens is 482 g/mol. The van der Waals surface area contributed by atoms with Gasteiger partial charge in [-0.15, -0.1) is 0 Å². The lowest BCUT2D eigenvalue weighted by atomic mass is 10.1. The Kier molecular flexibility index (Phi) is 8.36. The van der Waals surface area contributed by atoms with Crippen molar-refractivity contribution in [3.8, 4) is 5.75 Å². The maximum atomic E-state index is 13.1. The molecule has 184 valence electrons. The van der Waals surface area contributed by atoms with Crippen LogP contribution in [0.1, 0.15) is 22.8 Å². The highest BCUT2D eigenvalue weighted by Crippen LogP contribution is 2.29. The van der Waals surface area contributed by atoms with Gasteiger partial charge in [0.15, 0.2) is 5.16 Å². The van der Waals surface area contributed by atoms with Crippen LogP contribution in [0, 0.1) is 0 Å². The molecule has 0 radical (unpaired) electrons. The second-order valence-corrected chi connectivity index (χ2v) is 9.72. The largest absolute Gasteiger partial charge is 0.492 e. The molecule has 0 aliphatic carbocycles. The molecule has 4 rings (SSSR count). The maximum absolute atomic E-state index is 13.1. The van der Waals surface area contributed by atoms with E-state index in [1.807, 2.05) is 73.3 Å². The quantitative estimate of drug-likeness (QED) is 0.243. The average Bonchev–Trinajstić information content (AvgIpc) is 2.88. The van der Waals surface area contributed by atoms with Crippen molar-refractivity contribution in [1.82, 2.24) is 14.9 Å². The molecule has 1 aliphatic heterocycles. The van der Waals surface area contributed by atoms with E-state index in [-0.39, 0.29) is 5.91 Å². The van der Waals surface area contributed by atoms with E-state index in [2.05, 4.69) is 20.9 Å². The zero-order valence-electron chi connectivity index (χ0n) is 20.3. The molecule has 3 aromatic rings. The Morgan fingerprint density at radius 2 is 1.77 bits per heavy atom. The van der Waals surface area contributed by atoms with E-state index in [4.69, 9.17) is 16.3 Å². The Labute approximate surface area is 216 Å². The highest BCUT2D eigenvalue weighted by Gasteiger charge is 2.23. The summed E-state index contributed by atoms with van der Waals surface area (Å²) in [5.74, 6) is 2.43. The number of carbonyl (C=O) groups excluding carboxylic acids is 1. The van der Waals surface area contributed by atoms with Crippen molar-refractivity contribution in [3.05, 3.63) is 70.9 Å². The van der Waals surface area contributed by atoms with Crippen LogP contribution < -0.4 is 14.5 Å². The summed E-state index contributed by atoms with van der Waals surface area (Å²) in [6, 6.07) is 17.6. The fourth-order valence-electron chi connectivity index (χ4n) is 3.90. The molecule has 1 saturated heterocycles. The number of rotatable bonds is 8. The summed E-state index contributed by atoms with van der Waals surface area (Å²) in [6.45, 7) is 5.53. The maximum Gasteiger partial charge on any atom is 0.253 e. The molecule has 0 atom stereocenters. The smallest absolute Gasteiger partial charge is 0.253 e. The molecule has 2 heterocycles. The number of benzene rings is 2. The summed E-state index contributed by atoms with van der Waals surface area (Å²) in [6.07, 6.45) is 0. The molecule has 7 nitrogen and oxygen atoms in total. The standard InChI is InChI=1S/C26H30ClN5O2S/c1-4-34-22-8-6-5-7-21(22)31-13-15-32(16-14-31)25(33)20-11-9-19(10-12-20)18-35-26-28-23(27)17-24(29-26)30(2)3/h5-12,17H,4,13-16,18H2,1-3H3. The number of nitrogens with zero attached hydrogens (tertiary/aromatic N) is 5. The van der Waals surface area contributed by atoms with E-state index in [1.54, 1.807) is 6.07 Å². The van der Waals surface area contributed by atoms with Gasteiger partial charge < -0.3 is 19.4 Å². The average molecular weight is 512 g/mol. The van der Waals surface area contributed by atoms with Gasteiger partial charge in [0.05, 0.1) is 12.3 Å². The number of hydrogen-bond donors (Lipinski definition) is 0. The minimum absolute atomic E-state index is 0.0655. The minimum atomic E-state index is 0.0655. The van der Waals surface area contributed by atoms with Gasteiger partial charge in [0.1, 0.15) is 16.7 Å². The van der Waals surface area contributed by atoms with Gasteiger partial charge in [-0.3, -0.25) is 4.79 Å². The number of ether oxygens (including phenoxy) is 1. The van der Waals surface area contributed by atoms with E-state index >= 15 is 0 Å². The summed E-state index contributed by atoms with van der Waals surface area (Å²) >= 11 is 7.65. The fourth-order valence-corrected chi connectivity index (χ4v) is 4.94. The van der Waals surface area contributed by atoms with E-state index < -0.39 is 0 Å². The van der Waals surface area contributed by atoms with Crippen LogP contribution in [-0.2, 0) is 5.75 Å². The number of amides is 1. The van der Waals surface area contributed by atoms with Crippen LogP contribution in [0.15, 0.2) is 59.8 Å². The first-order chi connectivity index (χ1) is 16.9. The molecule has 1 aliphatic rings. The second kappa shape index (κ2) is 11.6. The third kappa shape index (κ3) is 6.38. The number of anilines is 2. The Morgan fingerprint density at radius 1 is 1.06 bits per heavy atom. The Morgan fingerprint density at radius 3 is 2.46 bits per heavy atom. The van der Waals surface area contributed by atoms with Gasteiger partial charge in [0.2, 0.25) is 0 Å². The zero-order chi connectivity index (χ0) is 24.8. The first-order valence-corrected chi connectivity index (χ1v) is 13.0. The van der Waals surface area contributed by atoms with Gasteiger partial charge in [0, 0.05) is 57.7 Å². The lowest BCUT2D eigenvalue weighted by molar-refractivity contribution is 0.0746. The molecule has 0 unspecified atom stereocenters. The zero-order valence-corrected chi connectivity index (χ0v) is 21.8. The van der Waals surface area contributed by atoms with Crippen LogP contribution >= 0.6 is 23.4 Å². The summed E-state index contributed by atoms with van der Waals surface area (Å²) in [7, 11) is 3.84. The Hall–Kier alpha value is -2.97. The molecule has 1 fully saturated rings. The van der Waals surface area contributed by atoms with Crippen LogP contribution in [0.3, 0.4) is 0 Å². The molecule has 9 heteroatoms. The summed E-state index contributed by atoms with van der Waals surface area (Å²) < 4.78 is 5.77. The Balaban J connectivity index is 1.33. The monoisotopic (exact) mass is 511 g/mol. The van der Waals surface area contributed by atoms with Gasteiger partial charge in [-0.1, -0.05) is 47.6 Å². The summed E-state index contributed by atoms with van der Waals surface area (Å²) in [5.41, 5.74) is 2.89. The molecule has 0 N–H and O–H groups in total. The lowest BCUT2D eigenvalue weighted by Gasteiger charge is -2.36. The van der Waals surface area contributed by atoms with E-state index in [0.29, 0.717) is 41.3 Å². The van der Waals surface area contributed by atoms with Crippen molar-refractivity contribution in [2.24, 2.45) is 0 Å². The van der Waals surface area contributed by atoms with Crippen molar-refractivity contribution in [3.63, 3.8) is 0 Å². The predicted octanol–water partition coefficient (Wildman–Crippen LogP) is 4.85. The SMILES string of the molecule is CCOc1ccccc1N1CCN(C(=O)c2ccc(CSc3nc(Cl)cc(N(C)C)n3)cc2)CC1. The minimum Gasteiger partial charge on any atom is -0.492 e. The van der Waals surface area contributed by atoms with Gasteiger partial charge in [-0.05, 0) is 36.8 Å². The molecule has 35 heavy (non-hydrogen) atoms. The van der Waals surface area contributed by atoms with E-state index in [1.165, 1.54) is 11.8 Å². The number of para-hydroxylation sites is 2. The predicted molar refractivity (Wildman–Crippen MR) is 143 cm³/mol. The number of carbonyl (C=O) groups is 1. The highest BCUT2D eigenvalue weighted by atomic mass is 35.5. The fraction of sp³-hybridized carbons (Fsp3) is 0.346. The van der Waals surface area contributed by atoms with Crippen LogP contribution in [0.4, 0.5) is 11.5 Å². The number of halogens is 1. The molecule has 0 spiro atoms. The second-order valence-electron chi connectivity index (χ2n) is 8.39. The van der Waals surface area contributed by atoms with Crippen molar-refractivity contribution >= 4 is 40.8 Å². The molecular formula is C26H30ClN5O2S. The number of thioether (sulfide) groups is 1. The van der Waals surface area contributed by atoms with Gasteiger partial charge in [0.25, 0.3) is 5.91 Å². The molecule has 1 amide bonds. The van der Waals surface area contributed by atoms with Gasteiger partial charge in [-0.25, -0.2) is 9.97 Å². The number of piperazine rings is 1. The third-order valence-electron chi connectivity index (χ3n) is 5.76. The van der Waals surface area contributed by atoms with Crippen LogP contribution in [0.2, 0.25) is 5.15 Å². The van der Waals surface area contributed by atoms with Gasteiger partial charge in [-0.2, -0.15) is 0 Å². The van der Waals surface area contributed by atoms with Crippen molar-refractivity contribution in [1.29, 1.82) is 0 Å². The van der Waals surface area contributed by atoms with Crippen LogP contribution in [-0.4, -0.2) is 67.7 Å². The van der Waals surface area contributed by atoms with Crippen LogP contribution in [0.25, 0.3) is 0 Å². The summed E-state index contributed by atoms with van der Waals surface area (Å²) in [5, 5.41) is 1.05. The lowest BCUT2D eigenvalue weighted by Crippen LogP contribution is -2.48. The van der Waals surface area contributed by atoms with Crippen molar-refractivity contribution in [2.75, 3.05) is 56.7 Å². The van der Waals surface area contributed by atoms with E-state index in [9.17, 15) is 4.79 Å². The van der Waals surface area contributed by atoms with Crippen molar-refractivity contribution < 1.29 is 9.53 Å². The Bertz CT molecular complexity index is 1150. The molecule has 0 bridgehead atoms. The highest BCUT2D eigenvalue weighted by molar-refractivity contribution is 7.98. The van der Waals surface area contributed by atoms with Crippen LogP contribution in [0.5, 0.6) is 5.75 Å². The molecule has 1 aromatic heterocycles.